The molecule has 1 aromatic heterocycles. The third-order valence-electron chi connectivity index (χ3n) is 6.39. The molecule has 0 atom stereocenters. The van der Waals surface area contributed by atoms with E-state index in [4.69, 9.17) is 0 Å². The van der Waals surface area contributed by atoms with Crippen molar-refractivity contribution in [3.05, 3.63) is 59.7 Å². The molecule has 0 radical (unpaired) electrons. The van der Waals surface area contributed by atoms with E-state index in [1.54, 1.807) is 18.6 Å². The smallest absolute Gasteiger partial charge is 0.343 e. The van der Waals surface area contributed by atoms with Crippen molar-refractivity contribution in [2.24, 2.45) is 0 Å². The van der Waals surface area contributed by atoms with Crippen LogP contribution >= 0.6 is 0 Å². The molecule has 1 saturated heterocycles. The monoisotopic (exact) mass is 461 g/mol. The van der Waals surface area contributed by atoms with Crippen LogP contribution in [-0.2, 0) is 11.0 Å². The molecule has 2 aromatic rings. The number of carbonyl (C=O) groups excluding carboxylic acids is 2. The highest BCUT2D eigenvalue weighted by atomic mass is 19.4. The zero-order valence-corrected chi connectivity index (χ0v) is 18.0. The van der Waals surface area contributed by atoms with Gasteiger partial charge in [0.2, 0.25) is 5.91 Å². The van der Waals surface area contributed by atoms with Crippen LogP contribution in [0.25, 0.3) is 0 Å². The second-order valence-electron chi connectivity index (χ2n) is 8.51. The predicted molar refractivity (Wildman–Crippen MR) is 114 cm³/mol. The van der Waals surface area contributed by atoms with Crippen molar-refractivity contribution in [1.29, 1.82) is 0 Å². The van der Waals surface area contributed by atoms with E-state index in [2.05, 4.69) is 20.6 Å². The van der Waals surface area contributed by atoms with Crippen LogP contribution in [0, 0.1) is 0 Å². The molecule has 1 aromatic carbocycles. The Balaban J connectivity index is 1.36. The highest BCUT2D eigenvalue weighted by molar-refractivity contribution is 5.96. The number of rotatable bonds is 6. The number of nitrogens with zero attached hydrogens (tertiary/aromatic N) is 3. The van der Waals surface area contributed by atoms with Gasteiger partial charge in [-0.2, -0.15) is 13.2 Å². The third kappa shape index (κ3) is 5.50. The number of hydrogen-bond donors (Lipinski definition) is 2. The first-order valence-corrected chi connectivity index (χ1v) is 11.1. The Morgan fingerprint density at radius 3 is 2.45 bits per heavy atom. The molecule has 0 spiro atoms. The van der Waals surface area contributed by atoms with Crippen molar-refractivity contribution in [1.82, 2.24) is 25.5 Å². The van der Waals surface area contributed by atoms with Gasteiger partial charge in [-0.25, -0.2) is 0 Å². The highest BCUT2D eigenvalue weighted by Gasteiger charge is 2.37. The van der Waals surface area contributed by atoms with Gasteiger partial charge in [0, 0.05) is 49.2 Å². The first kappa shape index (κ1) is 23.2. The summed E-state index contributed by atoms with van der Waals surface area (Å²) in [6, 6.07) is 4.30. The van der Waals surface area contributed by atoms with Gasteiger partial charge in [-0.05, 0) is 43.9 Å². The Kier molecular flexibility index (Phi) is 6.92. The van der Waals surface area contributed by atoms with Crippen LogP contribution in [0.3, 0.4) is 0 Å². The van der Waals surface area contributed by atoms with Crippen molar-refractivity contribution in [3.63, 3.8) is 0 Å². The van der Waals surface area contributed by atoms with E-state index in [0.717, 1.165) is 43.5 Å². The fraction of sp³-hybridized carbons (Fsp3) is 0.478. The third-order valence-corrected chi connectivity index (χ3v) is 6.39. The minimum Gasteiger partial charge on any atom is -0.343 e. The molecule has 1 aliphatic heterocycles. The van der Waals surface area contributed by atoms with E-state index in [1.165, 1.54) is 12.1 Å². The van der Waals surface area contributed by atoms with Gasteiger partial charge in [-0.3, -0.25) is 19.6 Å². The lowest BCUT2D eigenvalue weighted by atomic mass is 9.82. The number of alkyl halides is 3. The number of hydrogen-bond acceptors (Lipinski definition) is 5. The molecule has 10 heteroatoms. The van der Waals surface area contributed by atoms with E-state index in [-0.39, 0.29) is 30.1 Å². The molecule has 176 valence electrons. The summed E-state index contributed by atoms with van der Waals surface area (Å²) in [5.41, 5.74) is -0.0602. The topological polar surface area (TPSA) is 87.2 Å². The average molecular weight is 461 g/mol. The summed E-state index contributed by atoms with van der Waals surface area (Å²) in [5, 5.41) is 5.67. The SMILES string of the molecule is O=C(NCC(=O)N(C1CCC(c2cnccn2)CC1)C1CNC1)c1cccc(C(F)(F)F)c1. The average Bonchev–Trinajstić information content (AvgIpc) is 2.80. The van der Waals surface area contributed by atoms with Crippen LogP contribution in [0.1, 0.15) is 53.2 Å². The van der Waals surface area contributed by atoms with Gasteiger partial charge in [0.25, 0.3) is 5.91 Å². The normalized spacial score (nSPS) is 21.2. The zero-order chi connectivity index (χ0) is 23.4. The lowest BCUT2D eigenvalue weighted by molar-refractivity contribution is -0.138. The number of aromatic nitrogens is 2. The molecule has 7 nitrogen and oxygen atoms in total. The lowest BCUT2D eigenvalue weighted by Crippen LogP contribution is -2.63. The van der Waals surface area contributed by atoms with Gasteiger partial charge in [0.05, 0.1) is 23.8 Å². The zero-order valence-electron chi connectivity index (χ0n) is 18.0. The van der Waals surface area contributed by atoms with Crippen LogP contribution in [0.5, 0.6) is 0 Å². The Labute approximate surface area is 189 Å². The maximum atomic E-state index is 13.1. The molecule has 0 unspecified atom stereocenters. The van der Waals surface area contributed by atoms with Gasteiger partial charge in [-0.15, -0.1) is 0 Å². The summed E-state index contributed by atoms with van der Waals surface area (Å²) in [6.45, 7) is 1.13. The van der Waals surface area contributed by atoms with Crippen LogP contribution in [0.15, 0.2) is 42.9 Å². The van der Waals surface area contributed by atoms with E-state index in [0.29, 0.717) is 19.0 Å². The van der Waals surface area contributed by atoms with Crippen LogP contribution in [0.2, 0.25) is 0 Å². The second kappa shape index (κ2) is 9.86. The summed E-state index contributed by atoms with van der Waals surface area (Å²) in [5.74, 6) is -0.607. The molecule has 2 aliphatic rings. The fourth-order valence-electron chi connectivity index (χ4n) is 4.53. The van der Waals surface area contributed by atoms with Crippen LogP contribution in [-0.4, -0.2) is 58.4 Å². The lowest BCUT2D eigenvalue weighted by Gasteiger charge is -2.45. The number of halogens is 3. The minimum absolute atomic E-state index is 0.0565. The van der Waals surface area contributed by atoms with Gasteiger partial charge in [0.1, 0.15) is 0 Å². The molecule has 2 heterocycles. The first-order chi connectivity index (χ1) is 15.8. The van der Waals surface area contributed by atoms with Crippen molar-refractivity contribution in [3.8, 4) is 0 Å². The van der Waals surface area contributed by atoms with Crippen LogP contribution in [0.4, 0.5) is 13.2 Å². The van der Waals surface area contributed by atoms with Gasteiger partial charge in [-0.1, -0.05) is 6.07 Å². The molecule has 4 rings (SSSR count). The quantitative estimate of drug-likeness (QED) is 0.691. The number of nitrogens with one attached hydrogen (secondary N) is 2. The maximum Gasteiger partial charge on any atom is 0.416 e. The molecule has 33 heavy (non-hydrogen) atoms. The van der Waals surface area contributed by atoms with Crippen LogP contribution < -0.4 is 10.6 Å². The van der Waals surface area contributed by atoms with Crippen molar-refractivity contribution in [2.75, 3.05) is 19.6 Å². The molecule has 1 saturated carbocycles. The molecule has 2 N–H and O–H groups in total. The van der Waals surface area contributed by atoms with E-state index >= 15 is 0 Å². The highest BCUT2D eigenvalue weighted by Crippen LogP contribution is 2.34. The first-order valence-electron chi connectivity index (χ1n) is 11.1. The van der Waals surface area contributed by atoms with Gasteiger partial charge < -0.3 is 15.5 Å². The molecule has 1 aliphatic carbocycles. The summed E-state index contributed by atoms with van der Waals surface area (Å²) in [7, 11) is 0. The largest absolute Gasteiger partial charge is 0.416 e. The number of benzene rings is 1. The molecular weight excluding hydrogens is 435 g/mol. The fourth-order valence-corrected chi connectivity index (χ4v) is 4.53. The van der Waals surface area contributed by atoms with Gasteiger partial charge in [0.15, 0.2) is 0 Å². The molecular formula is C23H26F3N5O2. The standard InChI is InChI=1S/C23H26F3N5O2/c24-23(25,26)17-3-1-2-16(10-17)22(33)30-14-21(32)31(19-11-28-12-19)18-6-4-15(5-7-18)20-13-27-8-9-29-20/h1-3,8-10,13,15,18-19,28H,4-7,11-12,14H2,(H,30,33). The van der Waals surface area contributed by atoms with E-state index in [9.17, 15) is 22.8 Å². The maximum absolute atomic E-state index is 13.1. The summed E-state index contributed by atoms with van der Waals surface area (Å²) in [4.78, 5) is 35.9. The Hall–Kier alpha value is -3.01. The van der Waals surface area contributed by atoms with Crippen molar-refractivity contribution < 1.29 is 22.8 Å². The van der Waals surface area contributed by atoms with Crippen molar-refractivity contribution >= 4 is 11.8 Å². The Bertz CT molecular complexity index is 974. The molecule has 0 bridgehead atoms. The summed E-state index contributed by atoms with van der Waals surface area (Å²) < 4.78 is 38.8. The van der Waals surface area contributed by atoms with E-state index < -0.39 is 17.6 Å². The summed E-state index contributed by atoms with van der Waals surface area (Å²) in [6.07, 6.45) is 4.01. The second-order valence-corrected chi connectivity index (χ2v) is 8.51. The number of carbonyl (C=O) groups is 2. The predicted octanol–water partition coefficient (Wildman–Crippen LogP) is 2.75. The van der Waals surface area contributed by atoms with Crippen molar-refractivity contribution in [2.45, 2.75) is 49.9 Å². The number of amides is 2. The van der Waals surface area contributed by atoms with Gasteiger partial charge >= 0.3 is 6.18 Å². The summed E-state index contributed by atoms with van der Waals surface area (Å²) >= 11 is 0. The minimum atomic E-state index is -4.54. The molecule has 2 amide bonds. The van der Waals surface area contributed by atoms with E-state index in [1.807, 2.05) is 4.90 Å². The Morgan fingerprint density at radius 2 is 1.85 bits per heavy atom. The molecule has 2 fully saturated rings. The Morgan fingerprint density at radius 1 is 1.09 bits per heavy atom.